The molecule has 1 aromatic rings. The molecule has 3 saturated carbocycles. The van der Waals surface area contributed by atoms with Crippen molar-refractivity contribution in [2.24, 2.45) is 23.2 Å². The fourth-order valence-corrected chi connectivity index (χ4v) is 7.29. The zero-order valence-corrected chi connectivity index (χ0v) is 24.6. The van der Waals surface area contributed by atoms with E-state index >= 15 is 0 Å². The Labute approximate surface area is 239 Å². The van der Waals surface area contributed by atoms with Crippen molar-refractivity contribution >= 4 is 36.2 Å². The molecule has 1 aliphatic heterocycles. The summed E-state index contributed by atoms with van der Waals surface area (Å²) in [6.07, 6.45) is 3.37. The maximum atomic E-state index is 13.6. The Morgan fingerprint density at radius 1 is 1.27 bits per heavy atom. The maximum Gasteiger partial charge on any atom is 0.481 e. The molecule has 2 amide bonds. The molecule has 4 aliphatic rings. The van der Waals surface area contributed by atoms with Crippen molar-refractivity contribution in [3.05, 3.63) is 32.5 Å². The number of amides is 2. The van der Waals surface area contributed by atoms with E-state index in [0.29, 0.717) is 30.2 Å². The fraction of sp³-hybridized carbons (Fsp3) is 0.731. The lowest BCUT2D eigenvalue weighted by Gasteiger charge is -2.64. The largest absolute Gasteiger partial charge is 0.481 e. The van der Waals surface area contributed by atoms with E-state index in [0.717, 1.165) is 12.8 Å². The summed E-state index contributed by atoms with van der Waals surface area (Å²) in [5.41, 5.74) is 2.01. The highest BCUT2D eigenvalue weighted by molar-refractivity contribution is 7.08. The van der Waals surface area contributed by atoms with Crippen LogP contribution in [0, 0.1) is 38.7 Å². The molecule has 2 bridgehead atoms. The number of hydrogen-bond acceptors (Lipinski definition) is 8. The number of rotatable bonds is 12. The summed E-state index contributed by atoms with van der Waals surface area (Å²) in [7, 11) is -0.583. The second-order valence-corrected chi connectivity index (χ2v) is 13.2. The molecule has 220 valence electrons. The van der Waals surface area contributed by atoms with E-state index in [4.69, 9.17) is 14.7 Å². The molecule has 0 spiro atoms. The summed E-state index contributed by atoms with van der Waals surface area (Å²) in [4.78, 5) is 37.0. The van der Waals surface area contributed by atoms with E-state index in [9.17, 15) is 19.7 Å². The first-order chi connectivity index (χ1) is 18.8. The molecule has 12 nitrogen and oxygen atoms in total. The van der Waals surface area contributed by atoms with Gasteiger partial charge in [0.05, 0.1) is 23.2 Å². The van der Waals surface area contributed by atoms with Gasteiger partial charge in [-0.3, -0.25) is 15.0 Å². The zero-order valence-electron chi connectivity index (χ0n) is 23.8. The van der Waals surface area contributed by atoms with Gasteiger partial charge in [0, 0.05) is 11.9 Å². The smallest absolute Gasteiger partial charge is 0.404 e. The molecule has 2 heterocycles. The highest BCUT2D eigenvalue weighted by atomic mass is 32.1. The third-order valence-electron chi connectivity index (χ3n) is 8.93. The van der Waals surface area contributed by atoms with Crippen molar-refractivity contribution in [3.8, 4) is 0 Å². The highest BCUT2D eigenvalue weighted by Crippen LogP contribution is 2.65. The number of thiophene rings is 1. The Bertz CT molecular complexity index is 1100. The van der Waals surface area contributed by atoms with E-state index in [-0.39, 0.29) is 42.2 Å². The molecule has 5 N–H and O–H groups in total. The number of carbonyl (C=O) groups excluding carboxylic acids is 2. The van der Waals surface area contributed by atoms with Gasteiger partial charge in [0.25, 0.3) is 11.9 Å². The van der Waals surface area contributed by atoms with Gasteiger partial charge in [-0.2, -0.15) is 11.3 Å². The van der Waals surface area contributed by atoms with Crippen LogP contribution in [0.5, 0.6) is 0 Å². The van der Waals surface area contributed by atoms with E-state index in [1.165, 1.54) is 11.3 Å². The van der Waals surface area contributed by atoms with Crippen LogP contribution in [-0.4, -0.2) is 60.2 Å². The molecule has 1 saturated heterocycles. The Balaban J connectivity index is 1.43. The molecule has 0 unspecified atom stereocenters. The zero-order chi connectivity index (χ0) is 29.2. The van der Waals surface area contributed by atoms with Crippen LogP contribution in [-0.2, 0) is 14.1 Å². The molecule has 6 atom stereocenters. The summed E-state index contributed by atoms with van der Waals surface area (Å²) < 4.78 is 13.1. The van der Waals surface area contributed by atoms with Gasteiger partial charge in [0.1, 0.15) is 6.04 Å². The van der Waals surface area contributed by atoms with Crippen molar-refractivity contribution in [1.82, 2.24) is 21.4 Å². The Morgan fingerprint density at radius 3 is 2.65 bits per heavy atom. The van der Waals surface area contributed by atoms with Crippen LogP contribution >= 0.6 is 11.3 Å². The van der Waals surface area contributed by atoms with Crippen molar-refractivity contribution < 1.29 is 23.9 Å². The maximum absolute atomic E-state index is 13.6. The third-order valence-corrected chi connectivity index (χ3v) is 9.61. The van der Waals surface area contributed by atoms with Crippen LogP contribution in [0.25, 0.3) is 0 Å². The Kier molecular flexibility index (Phi) is 9.10. The fourth-order valence-electron chi connectivity index (χ4n) is 6.65. The number of nitro groups is 1. The number of hydrogen-bond donors (Lipinski definition) is 5. The van der Waals surface area contributed by atoms with Crippen LogP contribution in [0.4, 0.5) is 0 Å². The predicted molar refractivity (Wildman–Crippen MR) is 152 cm³/mol. The number of nitrogens with one attached hydrogen (secondary N) is 5. The average Bonchev–Trinajstić information content (AvgIpc) is 3.52. The molecule has 3 aliphatic carbocycles. The standard InChI is InChI=1S/C26H41BN6O6S/c1-15(2)11-21(27-38-20-13-17-12-19(25(17,3)4)26(20,5)39-27)31-23(35)18(30-22(34)16-8-10-40-14-16)7-6-9-29-24(28)32-33(36)37/h8,10,14-15,17-21H,6-7,9,11-13H2,1-5H3,(H,30,34)(H,31,35)(H3,28,29,32)/t17-,18-,19-,20+,21-,26-/m0/s1. The van der Waals surface area contributed by atoms with E-state index in [2.05, 4.69) is 50.6 Å². The summed E-state index contributed by atoms with van der Waals surface area (Å²) in [6, 6.07) is 0.838. The summed E-state index contributed by atoms with van der Waals surface area (Å²) in [6.45, 7) is 11.1. The summed E-state index contributed by atoms with van der Waals surface area (Å²) in [5, 5.41) is 29.3. The molecule has 5 rings (SSSR count). The normalized spacial score (nSPS) is 27.6. The van der Waals surface area contributed by atoms with Gasteiger partial charge < -0.3 is 25.3 Å². The van der Waals surface area contributed by atoms with Crippen LogP contribution in [0.15, 0.2) is 16.8 Å². The first-order valence-electron chi connectivity index (χ1n) is 14.0. The lowest BCUT2D eigenvalue weighted by Crippen LogP contribution is -2.65. The van der Waals surface area contributed by atoms with Gasteiger partial charge >= 0.3 is 7.12 Å². The molecule has 1 aromatic heterocycles. The van der Waals surface area contributed by atoms with E-state index < -0.39 is 35.7 Å². The first-order valence-corrected chi connectivity index (χ1v) is 15.0. The quantitative estimate of drug-likeness (QED) is 0.0632. The predicted octanol–water partition coefficient (Wildman–Crippen LogP) is 2.73. The van der Waals surface area contributed by atoms with Gasteiger partial charge in [0.15, 0.2) is 5.03 Å². The second kappa shape index (κ2) is 12.0. The summed E-state index contributed by atoms with van der Waals surface area (Å²) >= 11 is 1.39. The van der Waals surface area contributed by atoms with Gasteiger partial charge in [0.2, 0.25) is 5.91 Å². The third kappa shape index (κ3) is 6.44. The van der Waals surface area contributed by atoms with E-state index in [1.807, 2.05) is 0 Å². The minimum Gasteiger partial charge on any atom is -0.404 e. The molecule has 4 fully saturated rings. The molecular formula is C26H41BN6O6S. The van der Waals surface area contributed by atoms with Gasteiger partial charge in [-0.05, 0) is 73.6 Å². The molecule has 40 heavy (non-hydrogen) atoms. The van der Waals surface area contributed by atoms with Crippen molar-refractivity contribution in [3.63, 3.8) is 0 Å². The monoisotopic (exact) mass is 576 g/mol. The topological polar surface area (TPSA) is 168 Å². The number of nitrogens with zero attached hydrogens (tertiary/aromatic N) is 1. The highest BCUT2D eigenvalue weighted by Gasteiger charge is 2.68. The minimum atomic E-state index is -0.854. The second-order valence-electron chi connectivity index (χ2n) is 12.4. The average molecular weight is 577 g/mol. The minimum absolute atomic E-state index is 0.0101. The SMILES string of the molecule is CC(C)C[C@H](NC(=O)[C@H](CCCNC(=N)N[N+](=O)[O-])NC(=O)c1ccsc1)B1O[C@@H]2C[C@@H]3C[C@@H](C3(C)C)[C@]2(C)O1. The lowest BCUT2D eigenvalue weighted by molar-refractivity contribution is -0.525. The van der Waals surface area contributed by atoms with Crippen molar-refractivity contribution in [2.45, 2.75) is 90.4 Å². The van der Waals surface area contributed by atoms with Gasteiger partial charge in [-0.1, -0.05) is 33.1 Å². The number of carbonyl (C=O) groups is 2. The van der Waals surface area contributed by atoms with Gasteiger partial charge in [-0.15, -0.1) is 0 Å². The number of hydrazine groups is 1. The van der Waals surface area contributed by atoms with Crippen LogP contribution in [0.1, 0.15) is 77.1 Å². The Hall–Kier alpha value is -2.71. The van der Waals surface area contributed by atoms with Crippen molar-refractivity contribution in [2.75, 3.05) is 6.54 Å². The molecular weight excluding hydrogens is 535 g/mol. The molecule has 14 heteroatoms. The lowest BCUT2D eigenvalue weighted by atomic mass is 9.43. The van der Waals surface area contributed by atoms with Crippen LogP contribution < -0.4 is 21.4 Å². The van der Waals surface area contributed by atoms with E-state index in [1.54, 1.807) is 22.3 Å². The molecule has 0 aromatic carbocycles. The Morgan fingerprint density at radius 2 is 2.02 bits per heavy atom. The van der Waals surface area contributed by atoms with Gasteiger partial charge in [-0.25, -0.2) is 10.1 Å². The molecule has 0 radical (unpaired) electrons. The number of guanidine groups is 1. The van der Waals surface area contributed by atoms with Crippen LogP contribution in [0.2, 0.25) is 0 Å². The first kappa shape index (κ1) is 30.3. The van der Waals surface area contributed by atoms with Crippen LogP contribution in [0.3, 0.4) is 0 Å². The summed E-state index contributed by atoms with van der Waals surface area (Å²) in [5.74, 6) is -0.262. The van der Waals surface area contributed by atoms with Crippen molar-refractivity contribution in [1.29, 1.82) is 5.41 Å².